The number of nitrogens with zero attached hydrogens (tertiary/aromatic N) is 1. The number of hydrogen-bond acceptors (Lipinski definition) is 3. The van der Waals surface area contributed by atoms with Gasteiger partial charge in [0, 0.05) is 24.2 Å². The van der Waals surface area contributed by atoms with Gasteiger partial charge in [-0.1, -0.05) is 33.3 Å². The van der Waals surface area contributed by atoms with Crippen molar-refractivity contribution in [1.29, 1.82) is 0 Å². The molecule has 2 rings (SSSR count). The fraction of sp³-hybridized carbons (Fsp3) is 0.562. The molecule has 1 amide bonds. The van der Waals surface area contributed by atoms with Crippen LogP contribution in [0.15, 0.2) is 29.2 Å². The Bertz CT molecular complexity index is 642. The van der Waals surface area contributed by atoms with Crippen LogP contribution in [0.1, 0.15) is 40.0 Å². The fourth-order valence-corrected chi connectivity index (χ4v) is 3.87. The van der Waals surface area contributed by atoms with Crippen molar-refractivity contribution in [3.63, 3.8) is 0 Å². The highest BCUT2D eigenvalue weighted by atomic mass is 32.2. The van der Waals surface area contributed by atoms with Crippen LogP contribution in [0.3, 0.4) is 0 Å². The molecule has 0 unspecified atom stereocenters. The number of carbonyl (C=O) groups excluding carboxylic acids is 1. The minimum absolute atomic E-state index is 0.139. The smallest absolute Gasteiger partial charge is 0.243 e. The van der Waals surface area contributed by atoms with E-state index in [1.807, 2.05) is 20.8 Å². The Hall–Kier alpha value is -1.40. The lowest BCUT2D eigenvalue weighted by molar-refractivity contribution is -0.123. The van der Waals surface area contributed by atoms with Gasteiger partial charge in [-0.2, -0.15) is 4.31 Å². The van der Waals surface area contributed by atoms with Crippen molar-refractivity contribution >= 4 is 21.6 Å². The molecule has 6 heteroatoms. The number of sulfonamides is 1. The zero-order valence-corrected chi connectivity index (χ0v) is 14.2. The van der Waals surface area contributed by atoms with Crippen LogP contribution in [0.4, 0.5) is 5.69 Å². The topological polar surface area (TPSA) is 66.5 Å². The van der Waals surface area contributed by atoms with Crippen molar-refractivity contribution < 1.29 is 13.2 Å². The maximum absolute atomic E-state index is 12.6. The molecule has 5 nitrogen and oxygen atoms in total. The quantitative estimate of drug-likeness (QED) is 0.929. The van der Waals surface area contributed by atoms with Gasteiger partial charge in [0.2, 0.25) is 15.9 Å². The minimum atomic E-state index is -3.47. The summed E-state index contributed by atoms with van der Waals surface area (Å²) >= 11 is 0. The largest absolute Gasteiger partial charge is 0.326 e. The summed E-state index contributed by atoms with van der Waals surface area (Å²) in [5.74, 6) is -0.139. The molecule has 1 N–H and O–H groups in total. The zero-order valence-electron chi connectivity index (χ0n) is 13.4. The van der Waals surface area contributed by atoms with Crippen LogP contribution in [0.5, 0.6) is 0 Å². The van der Waals surface area contributed by atoms with Gasteiger partial charge in [0.25, 0.3) is 0 Å². The maximum Gasteiger partial charge on any atom is 0.243 e. The molecule has 1 fully saturated rings. The second-order valence-electron chi connectivity index (χ2n) is 6.70. The summed E-state index contributed by atoms with van der Waals surface area (Å²) in [5, 5.41) is 2.78. The molecule has 22 heavy (non-hydrogen) atoms. The van der Waals surface area contributed by atoms with Gasteiger partial charge in [0.15, 0.2) is 0 Å². The van der Waals surface area contributed by atoms with E-state index in [1.165, 1.54) is 10.4 Å². The average Bonchev–Trinajstić information content (AvgIpc) is 2.47. The van der Waals surface area contributed by atoms with Crippen LogP contribution in [0.2, 0.25) is 0 Å². The van der Waals surface area contributed by atoms with Crippen molar-refractivity contribution in [2.45, 2.75) is 44.9 Å². The number of amides is 1. The predicted octanol–water partition coefficient (Wildman–Crippen LogP) is 2.85. The van der Waals surface area contributed by atoms with Crippen molar-refractivity contribution in [3.05, 3.63) is 24.3 Å². The molecule has 1 heterocycles. The molecule has 0 saturated carbocycles. The predicted molar refractivity (Wildman–Crippen MR) is 87.1 cm³/mol. The van der Waals surface area contributed by atoms with Gasteiger partial charge in [-0.05, 0) is 31.0 Å². The van der Waals surface area contributed by atoms with Gasteiger partial charge >= 0.3 is 0 Å². The molecule has 1 aromatic carbocycles. The number of benzene rings is 1. The van der Waals surface area contributed by atoms with E-state index in [9.17, 15) is 13.2 Å². The monoisotopic (exact) mass is 324 g/mol. The molecule has 0 atom stereocenters. The highest BCUT2D eigenvalue weighted by Gasteiger charge is 2.26. The molecule has 122 valence electrons. The summed E-state index contributed by atoms with van der Waals surface area (Å²) in [6, 6.07) is 6.48. The van der Waals surface area contributed by atoms with E-state index >= 15 is 0 Å². The van der Waals surface area contributed by atoms with Crippen molar-refractivity contribution in [1.82, 2.24) is 4.31 Å². The summed E-state index contributed by atoms with van der Waals surface area (Å²) in [6.07, 6.45) is 2.88. The molecular formula is C16H24N2O3S. The third kappa shape index (κ3) is 3.87. The highest BCUT2D eigenvalue weighted by molar-refractivity contribution is 7.89. The molecule has 0 aliphatic carbocycles. The highest BCUT2D eigenvalue weighted by Crippen LogP contribution is 2.24. The van der Waals surface area contributed by atoms with Gasteiger partial charge < -0.3 is 5.32 Å². The van der Waals surface area contributed by atoms with Crippen LogP contribution in [-0.4, -0.2) is 31.7 Å². The van der Waals surface area contributed by atoms with E-state index in [1.54, 1.807) is 18.2 Å². The molecule has 0 bridgehead atoms. The van der Waals surface area contributed by atoms with E-state index in [0.29, 0.717) is 18.8 Å². The van der Waals surface area contributed by atoms with E-state index in [0.717, 1.165) is 19.3 Å². The summed E-state index contributed by atoms with van der Waals surface area (Å²) in [7, 11) is -3.47. The number of nitrogens with one attached hydrogen (secondary N) is 1. The van der Waals surface area contributed by atoms with Crippen molar-refractivity contribution in [3.8, 4) is 0 Å². The van der Waals surface area contributed by atoms with E-state index in [4.69, 9.17) is 0 Å². The number of anilines is 1. The molecule has 0 aromatic heterocycles. The van der Waals surface area contributed by atoms with Gasteiger partial charge in [-0.15, -0.1) is 0 Å². The Labute approximate surface area is 132 Å². The Balaban J connectivity index is 2.22. The average molecular weight is 324 g/mol. The first-order valence-electron chi connectivity index (χ1n) is 7.63. The third-order valence-electron chi connectivity index (χ3n) is 3.73. The lowest BCUT2D eigenvalue weighted by Gasteiger charge is -2.26. The summed E-state index contributed by atoms with van der Waals surface area (Å²) in [4.78, 5) is 12.3. The first-order chi connectivity index (χ1) is 10.2. The minimum Gasteiger partial charge on any atom is -0.326 e. The van der Waals surface area contributed by atoms with Gasteiger partial charge in [-0.25, -0.2) is 8.42 Å². The van der Waals surface area contributed by atoms with E-state index < -0.39 is 15.4 Å². The fourth-order valence-electron chi connectivity index (χ4n) is 2.31. The van der Waals surface area contributed by atoms with Crippen LogP contribution >= 0.6 is 0 Å². The van der Waals surface area contributed by atoms with Crippen LogP contribution < -0.4 is 5.32 Å². The molecule has 1 saturated heterocycles. The third-order valence-corrected chi connectivity index (χ3v) is 5.62. The van der Waals surface area contributed by atoms with Gasteiger partial charge in [-0.3, -0.25) is 4.79 Å². The second-order valence-corrected chi connectivity index (χ2v) is 8.63. The second kappa shape index (κ2) is 6.38. The number of rotatable bonds is 3. The van der Waals surface area contributed by atoms with Crippen LogP contribution in [0, 0.1) is 5.41 Å². The Morgan fingerprint density at radius 2 is 1.77 bits per heavy atom. The molecule has 1 aromatic rings. The van der Waals surface area contributed by atoms with Gasteiger partial charge in [0.1, 0.15) is 0 Å². The van der Waals surface area contributed by atoms with E-state index in [-0.39, 0.29) is 10.8 Å². The first-order valence-corrected chi connectivity index (χ1v) is 9.07. The summed E-state index contributed by atoms with van der Waals surface area (Å²) < 4.78 is 26.8. The standard InChI is InChI=1S/C16H24N2O3S/c1-16(2,3)15(19)17-13-8-7-9-14(12-13)22(20,21)18-10-5-4-6-11-18/h7-9,12H,4-6,10-11H2,1-3H3,(H,17,19). The van der Waals surface area contributed by atoms with Crippen LogP contribution in [0.25, 0.3) is 0 Å². The lowest BCUT2D eigenvalue weighted by Crippen LogP contribution is -2.35. The number of carbonyl (C=O) groups is 1. The lowest BCUT2D eigenvalue weighted by atomic mass is 9.95. The molecule has 0 radical (unpaired) electrons. The normalized spacial score (nSPS) is 17.2. The molecular weight excluding hydrogens is 300 g/mol. The maximum atomic E-state index is 12.6. The summed E-state index contributed by atoms with van der Waals surface area (Å²) in [5.41, 5.74) is -0.0140. The van der Waals surface area contributed by atoms with Gasteiger partial charge in [0.05, 0.1) is 4.90 Å². The molecule has 1 aliphatic heterocycles. The zero-order chi connectivity index (χ0) is 16.4. The number of hydrogen-bond donors (Lipinski definition) is 1. The Morgan fingerprint density at radius 3 is 2.36 bits per heavy atom. The SMILES string of the molecule is CC(C)(C)C(=O)Nc1cccc(S(=O)(=O)N2CCCCC2)c1. The Kier molecular flexibility index (Phi) is 4.92. The molecule has 1 aliphatic rings. The van der Waals surface area contributed by atoms with Crippen LogP contribution in [-0.2, 0) is 14.8 Å². The Morgan fingerprint density at radius 1 is 1.14 bits per heavy atom. The summed E-state index contributed by atoms with van der Waals surface area (Å²) in [6.45, 7) is 6.59. The van der Waals surface area contributed by atoms with Crippen molar-refractivity contribution in [2.75, 3.05) is 18.4 Å². The van der Waals surface area contributed by atoms with Crippen molar-refractivity contribution in [2.24, 2.45) is 5.41 Å². The first kappa shape index (κ1) is 17.0. The molecule has 0 spiro atoms. The van der Waals surface area contributed by atoms with E-state index in [2.05, 4.69) is 5.32 Å². The number of piperidine rings is 1.